The summed E-state index contributed by atoms with van der Waals surface area (Å²) >= 11 is 6.09. The average Bonchev–Trinajstić information content (AvgIpc) is 2.81. The van der Waals surface area contributed by atoms with Crippen LogP contribution in [0.5, 0.6) is 5.75 Å². The Balaban J connectivity index is 2.04. The van der Waals surface area contributed by atoms with Gasteiger partial charge in [-0.1, -0.05) is 23.2 Å². The van der Waals surface area contributed by atoms with E-state index >= 15 is 0 Å². The van der Waals surface area contributed by atoms with Gasteiger partial charge in [-0.15, -0.1) is 0 Å². The van der Waals surface area contributed by atoms with E-state index in [0.717, 1.165) is 33.6 Å². The number of ether oxygens (including phenoxy) is 1. The molecule has 122 valence electrons. The SMILES string of the molecule is Cc1ccc2c(c1)C(n1c(N)nc3cc(Cl)ccc31)=CC(C)(C)O2. The molecule has 5 heteroatoms. The molecule has 0 aliphatic carbocycles. The van der Waals surface area contributed by atoms with Crippen molar-refractivity contribution in [2.45, 2.75) is 26.4 Å². The molecule has 0 saturated heterocycles. The normalized spacial score (nSPS) is 15.8. The van der Waals surface area contributed by atoms with Gasteiger partial charge < -0.3 is 10.5 Å². The highest BCUT2D eigenvalue weighted by atomic mass is 35.5. The van der Waals surface area contributed by atoms with E-state index in [1.807, 2.05) is 48.7 Å². The van der Waals surface area contributed by atoms with Crippen molar-refractivity contribution in [3.63, 3.8) is 0 Å². The molecule has 3 aromatic rings. The molecular formula is C19H18ClN3O. The molecule has 0 atom stereocenters. The van der Waals surface area contributed by atoms with Crippen LogP contribution >= 0.6 is 11.6 Å². The van der Waals surface area contributed by atoms with Crippen LogP contribution in [0.3, 0.4) is 0 Å². The van der Waals surface area contributed by atoms with Crippen molar-refractivity contribution in [2.75, 3.05) is 5.73 Å². The first-order valence-electron chi connectivity index (χ1n) is 7.81. The van der Waals surface area contributed by atoms with Crippen LogP contribution in [0.15, 0.2) is 42.5 Å². The van der Waals surface area contributed by atoms with Crippen LogP contribution < -0.4 is 10.5 Å². The van der Waals surface area contributed by atoms with E-state index < -0.39 is 5.60 Å². The first kappa shape index (κ1) is 15.1. The van der Waals surface area contributed by atoms with Crippen molar-refractivity contribution in [1.82, 2.24) is 9.55 Å². The van der Waals surface area contributed by atoms with Crippen LogP contribution in [0.1, 0.15) is 25.0 Å². The number of halogens is 1. The minimum atomic E-state index is -0.437. The van der Waals surface area contributed by atoms with Crippen LogP contribution in [-0.2, 0) is 0 Å². The van der Waals surface area contributed by atoms with Crippen LogP contribution in [-0.4, -0.2) is 15.2 Å². The third-order valence-electron chi connectivity index (χ3n) is 4.15. The lowest BCUT2D eigenvalue weighted by molar-refractivity contribution is 0.157. The van der Waals surface area contributed by atoms with Crippen molar-refractivity contribution in [2.24, 2.45) is 0 Å². The summed E-state index contributed by atoms with van der Waals surface area (Å²) in [5, 5.41) is 0.643. The van der Waals surface area contributed by atoms with E-state index in [9.17, 15) is 0 Å². The highest BCUT2D eigenvalue weighted by Crippen LogP contribution is 2.39. The standard InChI is InChI=1S/C19H18ClN3O/c1-11-4-7-17-13(8-11)16(10-19(2,3)24-17)23-15-6-5-12(20)9-14(15)22-18(23)21/h4-10H,1-3H3,(H2,21,22). The fraction of sp³-hybridized carbons (Fsp3) is 0.211. The van der Waals surface area contributed by atoms with Crippen LogP contribution in [0.4, 0.5) is 5.95 Å². The molecule has 1 aromatic heterocycles. The molecule has 4 rings (SSSR count). The predicted octanol–water partition coefficient (Wildman–Crippen LogP) is 4.64. The molecular weight excluding hydrogens is 322 g/mol. The summed E-state index contributed by atoms with van der Waals surface area (Å²) in [7, 11) is 0. The Labute approximate surface area is 145 Å². The van der Waals surface area contributed by atoms with Gasteiger partial charge in [0, 0.05) is 10.6 Å². The Morgan fingerprint density at radius 2 is 1.96 bits per heavy atom. The number of fused-ring (bicyclic) bond motifs is 2. The number of imidazole rings is 1. The number of hydrogen-bond donors (Lipinski definition) is 1. The molecule has 1 aliphatic heterocycles. The molecule has 4 nitrogen and oxygen atoms in total. The Hall–Kier alpha value is -2.46. The molecule has 0 saturated carbocycles. The number of aromatic nitrogens is 2. The molecule has 0 bridgehead atoms. The minimum Gasteiger partial charge on any atom is -0.483 e. The molecule has 0 amide bonds. The maximum atomic E-state index is 6.25. The first-order valence-corrected chi connectivity index (χ1v) is 8.19. The van der Waals surface area contributed by atoms with Crippen molar-refractivity contribution >= 4 is 34.3 Å². The van der Waals surface area contributed by atoms with E-state index in [1.165, 1.54) is 0 Å². The summed E-state index contributed by atoms with van der Waals surface area (Å²) in [6.45, 7) is 6.12. The van der Waals surface area contributed by atoms with Crippen LogP contribution in [0.25, 0.3) is 16.7 Å². The number of rotatable bonds is 1. The molecule has 0 unspecified atom stereocenters. The number of hydrogen-bond acceptors (Lipinski definition) is 3. The summed E-state index contributed by atoms with van der Waals surface area (Å²) in [6.07, 6.45) is 2.08. The van der Waals surface area contributed by atoms with Gasteiger partial charge in [-0.2, -0.15) is 0 Å². The topological polar surface area (TPSA) is 53.1 Å². The molecule has 2 aromatic carbocycles. The zero-order valence-corrected chi connectivity index (χ0v) is 14.6. The number of benzene rings is 2. The van der Waals surface area contributed by atoms with Gasteiger partial charge in [0.25, 0.3) is 0 Å². The molecule has 0 spiro atoms. The van der Waals surface area contributed by atoms with Gasteiger partial charge >= 0.3 is 0 Å². The van der Waals surface area contributed by atoms with Gasteiger partial charge in [-0.3, -0.25) is 4.57 Å². The second kappa shape index (κ2) is 5.02. The monoisotopic (exact) mass is 339 g/mol. The smallest absolute Gasteiger partial charge is 0.205 e. The number of nitrogens with two attached hydrogens (primary N) is 1. The van der Waals surface area contributed by atoms with E-state index in [4.69, 9.17) is 22.1 Å². The second-order valence-electron chi connectivity index (χ2n) is 6.67. The van der Waals surface area contributed by atoms with Gasteiger partial charge in [0.15, 0.2) is 0 Å². The third kappa shape index (κ3) is 2.34. The highest BCUT2D eigenvalue weighted by Gasteiger charge is 2.29. The van der Waals surface area contributed by atoms with Crippen molar-refractivity contribution in [1.29, 1.82) is 0 Å². The van der Waals surface area contributed by atoms with Crippen molar-refractivity contribution < 1.29 is 4.74 Å². The van der Waals surface area contributed by atoms with E-state index in [2.05, 4.69) is 24.1 Å². The van der Waals surface area contributed by atoms with E-state index in [1.54, 1.807) is 0 Å². The zero-order chi connectivity index (χ0) is 17.1. The Bertz CT molecular complexity index is 1000. The fourth-order valence-corrected chi connectivity index (χ4v) is 3.33. The van der Waals surface area contributed by atoms with Gasteiger partial charge in [-0.05, 0) is 57.2 Å². The van der Waals surface area contributed by atoms with Gasteiger partial charge in [-0.25, -0.2) is 4.98 Å². The number of aryl methyl sites for hydroxylation is 1. The first-order chi connectivity index (χ1) is 11.3. The van der Waals surface area contributed by atoms with Gasteiger partial charge in [0.05, 0.1) is 16.7 Å². The van der Waals surface area contributed by atoms with Crippen LogP contribution in [0, 0.1) is 6.92 Å². The molecule has 1 aliphatic rings. The summed E-state index contributed by atoms with van der Waals surface area (Å²) < 4.78 is 8.07. The summed E-state index contributed by atoms with van der Waals surface area (Å²) in [5.74, 6) is 1.28. The largest absolute Gasteiger partial charge is 0.483 e. The van der Waals surface area contributed by atoms with E-state index in [0.29, 0.717) is 11.0 Å². The fourth-order valence-electron chi connectivity index (χ4n) is 3.16. The third-order valence-corrected chi connectivity index (χ3v) is 4.39. The summed E-state index contributed by atoms with van der Waals surface area (Å²) in [4.78, 5) is 4.47. The van der Waals surface area contributed by atoms with Gasteiger partial charge in [0.2, 0.25) is 5.95 Å². The Morgan fingerprint density at radius 3 is 2.75 bits per heavy atom. The molecule has 0 fully saturated rings. The lowest BCUT2D eigenvalue weighted by Crippen LogP contribution is -2.30. The number of nitrogens with zero attached hydrogens (tertiary/aromatic N) is 2. The minimum absolute atomic E-state index is 0.434. The van der Waals surface area contributed by atoms with Gasteiger partial charge in [0.1, 0.15) is 11.4 Å². The quantitative estimate of drug-likeness (QED) is 0.702. The average molecular weight is 340 g/mol. The number of nitrogen functional groups attached to an aromatic ring is 1. The lowest BCUT2D eigenvalue weighted by atomic mass is 9.97. The van der Waals surface area contributed by atoms with Crippen molar-refractivity contribution in [3.05, 3.63) is 58.6 Å². The second-order valence-corrected chi connectivity index (χ2v) is 7.11. The molecule has 2 N–H and O–H groups in total. The Kier molecular flexibility index (Phi) is 3.15. The maximum absolute atomic E-state index is 6.25. The highest BCUT2D eigenvalue weighted by molar-refractivity contribution is 6.31. The van der Waals surface area contributed by atoms with E-state index in [-0.39, 0.29) is 0 Å². The molecule has 24 heavy (non-hydrogen) atoms. The maximum Gasteiger partial charge on any atom is 0.205 e. The Morgan fingerprint density at radius 1 is 1.17 bits per heavy atom. The molecule has 0 radical (unpaired) electrons. The predicted molar refractivity (Wildman–Crippen MR) is 98.4 cm³/mol. The lowest BCUT2D eigenvalue weighted by Gasteiger charge is -2.32. The summed E-state index contributed by atoms with van der Waals surface area (Å²) in [5.41, 5.74) is 10.7. The van der Waals surface area contributed by atoms with Crippen LogP contribution in [0.2, 0.25) is 5.02 Å². The van der Waals surface area contributed by atoms with Crippen molar-refractivity contribution in [3.8, 4) is 5.75 Å². The zero-order valence-electron chi connectivity index (χ0n) is 13.8. The molecule has 2 heterocycles. The number of anilines is 1. The summed E-state index contributed by atoms with van der Waals surface area (Å²) in [6, 6.07) is 11.8.